The number of aromatic nitrogens is 2. The molecule has 0 aliphatic carbocycles. The zero-order chi connectivity index (χ0) is 15.0. The van der Waals surface area contributed by atoms with Crippen molar-refractivity contribution < 1.29 is 23.9 Å². The van der Waals surface area contributed by atoms with Gasteiger partial charge in [0.15, 0.2) is 0 Å². The Hall–Kier alpha value is -2.38. The summed E-state index contributed by atoms with van der Waals surface area (Å²) >= 11 is 0. The molecule has 0 radical (unpaired) electrons. The summed E-state index contributed by atoms with van der Waals surface area (Å²) in [5.41, 5.74) is 0. The molecule has 0 saturated carbocycles. The SMILES string of the molecule is COC(=O)CN(CC(=O)OC)C(=O)CCn1ccnc1. The molecule has 1 aromatic heterocycles. The monoisotopic (exact) mass is 283 g/mol. The van der Waals surface area contributed by atoms with E-state index in [1.807, 2.05) is 0 Å². The number of ether oxygens (including phenoxy) is 2. The first kappa shape index (κ1) is 15.7. The van der Waals surface area contributed by atoms with E-state index in [9.17, 15) is 14.4 Å². The maximum atomic E-state index is 12.0. The number of esters is 2. The number of carbonyl (C=O) groups excluding carboxylic acids is 3. The van der Waals surface area contributed by atoms with E-state index in [4.69, 9.17) is 0 Å². The van der Waals surface area contributed by atoms with Gasteiger partial charge in [-0.05, 0) is 0 Å². The van der Waals surface area contributed by atoms with Gasteiger partial charge in [0.25, 0.3) is 0 Å². The summed E-state index contributed by atoms with van der Waals surface area (Å²) in [6.45, 7) is -0.152. The lowest BCUT2D eigenvalue weighted by atomic mass is 10.3. The highest BCUT2D eigenvalue weighted by Gasteiger charge is 2.20. The zero-order valence-corrected chi connectivity index (χ0v) is 11.4. The fraction of sp³-hybridized carbons (Fsp3) is 0.500. The first-order valence-corrected chi connectivity index (χ1v) is 5.94. The van der Waals surface area contributed by atoms with E-state index in [1.165, 1.54) is 14.2 Å². The van der Waals surface area contributed by atoms with Gasteiger partial charge >= 0.3 is 11.9 Å². The molecular weight excluding hydrogens is 266 g/mol. The Kier molecular flexibility index (Phi) is 6.21. The number of methoxy groups -OCH3 is 2. The molecule has 1 rings (SSSR count). The van der Waals surface area contributed by atoms with Crippen LogP contribution in [0.1, 0.15) is 6.42 Å². The van der Waals surface area contributed by atoms with E-state index in [0.717, 1.165) is 4.90 Å². The van der Waals surface area contributed by atoms with Gasteiger partial charge in [-0.3, -0.25) is 14.4 Å². The topological polar surface area (TPSA) is 90.7 Å². The minimum Gasteiger partial charge on any atom is -0.468 e. The predicted octanol–water partition coefficient (Wildman–Crippen LogP) is -0.552. The van der Waals surface area contributed by atoms with Crippen molar-refractivity contribution in [3.63, 3.8) is 0 Å². The third kappa shape index (κ3) is 5.09. The number of nitrogens with zero attached hydrogens (tertiary/aromatic N) is 3. The molecule has 0 atom stereocenters. The minimum absolute atomic E-state index is 0.143. The van der Waals surface area contributed by atoms with Crippen molar-refractivity contribution in [2.75, 3.05) is 27.3 Å². The fourth-order valence-corrected chi connectivity index (χ4v) is 1.47. The molecule has 110 valence electrons. The highest BCUT2D eigenvalue weighted by atomic mass is 16.5. The molecule has 0 saturated heterocycles. The second kappa shape index (κ2) is 7.93. The summed E-state index contributed by atoms with van der Waals surface area (Å²) < 4.78 is 10.7. The number of carbonyl (C=O) groups is 3. The van der Waals surface area contributed by atoms with Gasteiger partial charge in [-0.25, -0.2) is 4.98 Å². The van der Waals surface area contributed by atoms with Gasteiger partial charge in [-0.15, -0.1) is 0 Å². The summed E-state index contributed by atoms with van der Waals surface area (Å²) in [5, 5.41) is 0. The van der Waals surface area contributed by atoms with Crippen molar-refractivity contribution in [3.05, 3.63) is 18.7 Å². The largest absolute Gasteiger partial charge is 0.468 e. The van der Waals surface area contributed by atoms with Gasteiger partial charge in [0.05, 0.1) is 20.5 Å². The lowest BCUT2D eigenvalue weighted by Crippen LogP contribution is -2.40. The average molecular weight is 283 g/mol. The van der Waals surface area contributed by atoms with E-state index in [0.29, 0.717) is 6.54 Å². The summed E-state index contributed by atoms with van der Waals surface area (Å²) in [6, 6.07) is 0. The molecule has 0 aromatic carbocycles. The van der Waals surface area contributed by atoms with Gasteiger partial charge < -0.3 is 18.9 Å². The molecule has 1 heterocycles. The van der Waals surface area contributed by atoms with Crippen LogP contribution in [0.3, 0.4) is 0 Å². The third-order valence-corrected chi connectivity index (χ3v) is 2.59. The highest BCUT2D eigenvalue weighted by molar-refractivity contribution is 5.85. The van der Waals surface area contributed by atoms with Crippen LogP contribution in [0.4, 0.5) is 0 Å². The molecule has 0 fully saturated rings. The van der Waals surface area contributed by atoms with Crippen LogP contribution >= 0.6 is 0 Å². The van der Waals surface area contributed by atoms with Crippen molar-refractivity contribution in [2.24, 2.45) is 0 Å². The Morgan fingerprint density at radius 3 is 2.20 bits per heavy atom. The summed E-state index contributed by atoms with van der Waals surface area (Å²) in [7, 11) is 2.43. The quantitative estimate of drug-likeness (QED) is 0.623. The van der Waals surface area contributed by atoms with Gasteiger partial charge in [0.2, 0.25) is 5.91 Å². The van der Waals surface area contributed by atoms with Crippen LogP contribution in [-0.2, 0) is 30.4 Å². The van der Waals surface area contributed by atoms with Crippen molar-refractivity contribution >= 4 is 17.8 Å². The number of rotatable bonds is 7. The number of aryl methyl sites for hydroxylation is 1. The maximum Gasteiger partial charge on any atom is 0.325 e. The number of imidazole rings is 1. The first-order valence-electron chi connectivity index (χ1n) is 5.94. The Morgan fingerprint density at radius 2 is 1.75 bits per heavy atom. The van der Waals surface area contributed by atoms with Crippen LogP contribution < -0.4 is 0 Å². The Labute approximate surface area is 116 Å². The minimum atomic E-state index is -0.593. The van der Waals surface area contributed by atoms with Crippen LogP contribution in [0.2, 0.25) is 0 Å². The highest BCUT2D eigenvalue weighted by Crippen LogP contribution is 1.99. The van der Waals surface area contributed by atoms with Crippen LogP contribution in [0.25, 0.3) is 0 Å². The predicted molar refractivity (Wildman–Crippen MR) is 67.5 cm³/mol. The second-order valence-electron chi connectivity index (χ2n) is 3.95. The van der Waals surface area contributed by atoms with Crippen molar-refractivity contribution in [1.29, 1.82) is 0 Å². The first-order chi connectivity index (χ1) is 9.56. The van der Waals surface area contributed by atoms with E-state index < -0.39 is 11.9 Å². The molecule has 0 aliphatic rings. The molecule has 0 N–H and O–H groups in total. The van der Waals surface area contributed by atoms with Crippen molar-refractivity contribution in [3.8, 4) is 0 Å². The zero-order valence-electron chi connectivity index (χ0n) is 11.4. The number of hydrogen-bond donors (Lipinski definition) is 0. The van der Waals surface area contributed by atoms with E-state index >= 15 is 0 Å². The van der Waals surface area contributed by atoms with E-state index in [2.05, 4.69) is 14.5 Å². The van der Waals surface area contributed by atoms with Gasteiger partial charge in [-0.2, -0.15) is 0 Å². The molecule has 8 heteroatoms. The van der Waals surface area contributed by atoms with Crippen molar-refractivity contribution in [2.45, 2.75) is 13.0 Å². The van der Waals surface area contributed by atoms with Crippen molar-refractivity contribution in [1.82, 2.24) is 14.5 Å². The fourth-order valence-electron chi connectivity index (χ4n) is 1.47. The summed E-state index contributed by atoms with van der Waals surface area (Å²) in [6.07, 6.45) is 5.05. The standard InChI is InChI=1S/C12H17N3O5/c1-19-11(17)7-15(8-12(18)20-2)10(16)3-5-14-6-4-13-9-14/h4,6,9H,3,5,7-8H2,1-2H3. The molecule has 0 unspecified atom stereocenters. The lowest BCUT2D eigenvalue weighted by molar-refractivity contribution is -0.152. The number of amides is 1. The van der Waals surface area contributed by atoms with Gasteiger partial charge in [-0.1, -0.05) is 0 Å². The third-order valence-electron chi connectivity index (χ3n) is 2.59. The number of hydrogen-bond acceptors (Lipinski definition) is 6. The molecule has 1 amide bonds. The normalized spacial score (nSPS) is 9.90. The maximum absolute atomic E-state index is 12.0. The molecule has 0 aliphatic heterocycles. The molecular formula is C12H17N3O5. The van der Waals surface area contributed by atoms with Gasteiger partial charge in [0.1, 0.15) is 13.1 Å². The van der Waals surface area contributed by atoms with Crippen LogP contribution in [0.5, 0.6) is 0 Å². The smallest absolute Gasteiger partial charge is 0.325 e. The van der Waals surface area contributed by atoms with Crippen LogP contribution in [-0.4, -0.2) is 59.6 Å². The molecule has 20 heavy (non-hydrogen) atoms. The van der Waals surface area contributed by atoms with E-state index in [-0.39, 0.29) is 25.4 Å². The summed E-state index contributed by atoms with van der Waals surface area (Å²) in [4.78, 5) is 39.5. The summed E-state index contributed by atoms with van der Waals surface area (Å²) in [5.74, 6) is -1.52. The Balaban J connectivity index is 2.57. The molecule has 8 nitrogen and oxygen atoms in total. The lowest BCUT2D eigenvalue weighted by Gasteiger charge is -2.20. The average Bonchev–Trinajstić information content (AvgIpc) is 2.96. The van der Waals surface area contributed by atoms with Gasteiger partial charge in [0, 0.05) is 25.4 Å². The second-order valence-corrected chi connectivity index (χ2v) is 3.95. The van der Waals surface area contributed by atoms with E-state index in [1.54, 1.807) is 23.3 Å². The Morgan fingerprint density at radius 1 is 1.15 bits per heavy atom. The van der Waals surface area contributed by atoms with Crippen LogP contribution in [0, 0.1) is 0 Å². The Bertz CT molecular complexity index is 440. The molecule has 0 bridgehead atoms. The molecule has 1 aromatic rings. The van der Waals surface area contributed by atoms with Crippen LogP contribution in [0.15, 0.2) is 18.7 Å². The molecule has 0 spiro atoms.